The maximum Gasteiger partial charge on any atom is 0.0264 e. The lowest BCUT2D eigenvalue weighted by atomic mass is 9.85. The van der Waals surface area contributed by atoms with Crippen LogP contribution in [0.1, 0.15) is 18.4 Å². The van der Waals surface area contributed by atoms with Crippen molar-refractivity contribution in [2.75, 3.05) is 0 Å². The Hall–Kier alpha value is -0.860. The highest BCUT2D eigenvalue weighted by Crippen LogP contribution is 2.21. The van der Waals surface area contributed by atoms with Gasteiger partial charge in [0.1, 0.15) is 0 Å². The second kappa shape index (κ2) is 6.02. The molecule has 2 heteroatoms. The van der Waals surface area contributed by atoms with Gasteiger partial charge in [-0.05, 0) is 37.0 Å². The Kier molecular flexibility index (Phi) is 4.97. The number of nitrogens with two attached hydrogens (primary N) is 1. The summed E-state index contributed by atoms with van der Waals surface area (Å²) in [5.74, 6) is 0. The first-order valence-corrected chi connectivity index (χ1v) is 6.14. The van der Waals surface area contributed by atoms with E-state index >= 15 is 0 Å². The summed E-state index contributed by atoms with van der Waals surface area (Å²) in [5, 5.41) is 0. The Labute approximate surface area is 106 Å². The lowest BCUT2D eigenvalue weighted by Gasteiger charge is -2.27. The molecule has 0 heterocycles. The van der Waals surface area contributed by atoms with Crippen molar-refractivity contribution in [1.82, 2.24) is 0 Å². The van der Waals surface area contributed by atoms with E-state index in [0.717, 1.165) is 23.7 Å². The molecule has 0 saturated carbocycles. The Morgan fingerprint density at radius 3 is 2.06 bits per heavy atom. The van der Waals surface area contributed by atoms with E-state index in [1.54, 1.807) is 0 Å². The summed E-state index contributed by atoms with van der Waals surface area (Å²) in [4.78, 5) is 0. The molecule has 0 unspecified atom stereocenters. The van der Waals surface area contributed by atoms with Crippen LogP contribution in [0.3, 0.4) is 0 Å². The standard InChI is InChI=1S/C14H18BrN/c1-3-9-14(16,10-4-2)11-12-5-7-13(15)8-6-12/h3-8H,1-2,9-11,16H2. The fourth-order valence-electron chi connectivity index (χ4n) is 1.81. The van der Waals surface area contributed by atoms with Crippen LogP contribution in [0.2, 0.25) is 0 Å². The Morgan fingerprint density at radius 1 is 1.12 bits per heavy atom. The van der Waals surface area contributed by atoms with Crippen LogP contribution in [0.5, 0.6) is 0 Å². The van der Waals surface area contributed by atoms with Crippen LogP contribution in [0.4, 0.5) is 0 Å². The maximum atomic E-state index is 6.33. The zero-order valence-electron chi connectivity index (χ0n) is 9.45. The monoisotopic (exact) mass is 279 g/mol. The minimum absolute atomic E-state index is 0.253. The van der Waals surface area contributed by atoms with Crippen LogP contribution in [-0.2, 0) is 6.42 Å². The van der Waals surface area contributed by atoms with E-state index in [-0.39, 0.29) is 5.54 Å². The van der Waals surface area contributed by atoms with E-state index in [1.807, 2.05) is 24.3 Å². The second-order valence-corrected chi connectivity index (χ2v) is 5.07. The van der Waals surface area contributed by atoms with Crippen LogP contribution in [0, 0.1) is 0 Å². The molecule has 0 spiro atoms. The van der Waals surface area contributed by atoms with Crippen LogP contribution < -0.4 is 5.73 Å². The van der Waals surface area contributed by atoms with Crippen molar-refractivity contribution in [3.8, 4) is 0 Å². The van der Waals surface area contributed by atoms with Crippen molar-refractivity contribution in [3.63, 3.8) is 0 Å². The topological polar surface area (TPSA) is 26.0 Å². The van der Waals surface area contributed by atoms with Crippen molar-refractivity contribution < 1.29 is 0 Å². The summed E-state index contributed by atoms with van der Waals surface area (Å²) < 4.78 is 1.09. The molecule has 0 saturated heterocycles. The van der Waals surface area contributed by atoms with Crippen LogP contribution in [0.25, 0.3) is 0 Å². The summed E-state index contributed by atoms with van der Waals surface area (Å²) >= 11 is 3.42. The van der Waals surface area contributed by atoms with E-state index in [0.29, 0.717) is 0 Å². The molecule has 0 amide bonds. The molecular weight excluding hydrogens is 262 g/mol. The van der Waals surface area contributed by atoms with E-state index < -0.39 is 0 Å². The van der Waals surface area contributed by atoms with Gasteiger partial charge in [-0.1, -0.05) is 40.2 Å². The van der Waals surface area contributed by atoms with Crippen LogP contribution in [0.15, 0.2) is 54.0 Å². The third-order valence-corrected chi connectivity index (χ3v) is 3.10. The fraction of sp³-hybridized carbons (Fsp3) is 0.286. The van der Waals surface area contributed by atoms with Gasteiger partial charge in [-0.15, -0.1) is 13.2 Å². The molecule has 0 radical (unpaired) electrons. The highest BCUT2D eigenvalue weighted by atomic mass is 79.9. The summed E-state index contributed by atoms with van der Waals surface area (Å²) in [6.07, 6.45) is 6.20. The molecule has 0 atom stereocenters. The quantitative estimate of drug-likeness (QED) is 0.787. The highest BCUT2D eigenvalue weighted by Gasteiger charge is 2.21. The van der Waals surface area contributed by atoms with Gasteiger partial charge >= 0.3 is 0 Å². The van der Waals surface area contributed by atoms with Crippen LogP contribution >= 0.6 is 15.9 Å². The minimum Gasteiger partial charge on any atom is -0.324 e. The lowest BCUT2D eigenvalue weighted by Crippen LogP contribution is -2.41. The predicted octanol–water partition coefficient (Wildman–Crippen LogP) is 3.84. The molecule has 1 aromatic rings. The first-order valence-electron chi connectivity index (χ1n) is 5.35. The molecule has 0 fully saturated rings. The zero-order chi connectivity index (χ0) is 12.0. The van der Waals surface area contributed by atoms with Crippen LogP contribution in [-0.4, -0.2) is 5.54 Å². The van der Waals surface area contributed by atoms with Gasteiger partial charge in [0.2, 0.25) is 0 Å². The van der Waals surface area contributed by atoms with Crippen molar-refractivity contribution in [3.05, 3.63) is 59.6 Å². The van der Waals surface area contributed by atoms with Crippen molar-refractivity contribution in [2.24, 2.45) is 5.73 Å². The molecule has 16 heavy (non-hydrogen) atoms. The maximum absolute atomic E-state index is 6.33. The van der Waals surface area contributed by atoms with Gasteiger partial charge in [-0.2, -0.15) is 0 Å². The molecule has 86 valence electrons. The predicted molar refractivity (Wildman–Crippen MR) is 74.4 cm³/mol. The average Bonchev–Trinajstić information content (AvgIpc) is 2.22. The van der Waals surface area contributed by atoms with E-state index in [4.69, 9.17) is 5.73 Å². The Morgan fingerprint density at radius 2 is 1.62 bits per heavy atom. The molecule has 1 aromatic carbocycles. The molecule has 2 N–H and O–H groups in total. The van der Waals surface area contributed by atoms with Gasteiger partial charge in [0.15, 0.2) is 0 Å². The van der Waals surface area contributed by atoms with Gasteiger partial charge < -0.3 is 5.73 Å². The summed E-state index contributed by atoms with van der Waals surface area (Å²) in [7, 11) is 0. The van der Waals surface area contributed by atoms with Gasteiger partial charge in [-0.3, -0.25) is 0 Å². The number of benzene rings is 1. The van der Waals surface area contributed by atoms with Gasteiger partial charge in [0.25, 0.3) is 0 Å². The number of hydrogen-bond donors (Lipinski definition) is 1. The first kappa shape index (κ1) is 13.2. The molecule has 1 rings (SSSR count). The number of rotatable bonds is 6. The number of hydrogen-bond acceptors (Lipinski definition) is 1. The third kappa shape index (κ3) is 3.95. The van der Waals surface area contributed by atoms with Crippen molar-refractivity contribution in [2.45, 2.75) is 24.8 Å². The Balaban J connectivity index is 2.78. The van der Waals surface area contributed by atoms with Crippen molar-refractivity contribution >= 4 is 15.9 Å². The van der Waals surface area contributed by atoms with Gasteiger partial charge in [-0.25, -0.2) is 0 Å². The summed E-state index contributed by atoms with van der Waals surface area (Å²) in [6, 6.07) is 8.27. The molecule has 0 aliphatic rings. The van der Waals surface area contributed by atoms with E-state index in [9.17, 15) is 0 Å². The largest absolute Gasteiger partial charge is 0.324 e. The third-order valence-electron chi connectivity index (χ3n) is 2.57. The lowest BCUT2D eigenvalue weighted by molar-refractivity contribution is 0.432. The average molecular weight is 280 g/mol. The smallest absolute Gasteiger partial charge is 0.0264 e. The van der Waals surface area contributed by atoms with Crippen molar-refractivity contribution in [1.29, 1.82) is 0 Å². The first-order chi connectivity index (χ1) is 7.59. The van der Waals surface area contributed by atoms with Gasteiger partial charge in [0, 0.05) is 10.0 Å². The Bertz CT molecular complexity index is 344. The zero-order valence-corrected chi connectivity index (χ0v) is 11.0. The van der Waals surface area contributed by atoms with E-state index in [2.05, 4.69) is 41.2 Å². The summed E-state index contributed by atoms with van der Waals surface area (Å²) in [6.45, 7) is 7.52. The molecule has 0 bridgehead atoms. The molecule has 0 aromatic heterocycles. The SMILES string of the molecule is C=CCC(N)(CC=C)Cc1ccc(Br)cc1. The minimum atomic E-state index is -0.253. The van der Waals surface area contributed by atoms with E-state index in [1.165, 1.54) is 5.56 Å². The molecule has 0 aliphatic carbocycles. The molecule has 0 aliphatic heterocycles. The summed E-state index contributed by atoms with van der Waals surface area (Å²) in [5.41, 5.74) is 7.33. The molecule has 1 nitrogen and oxygen atoms in total. The number of halogens is 1. The normalized spacial score (nSPS) is 11.1. The highest BCUT2D eigenvalue weighted by molar-refractivity contribution is 9.10. The fourth-order valence-corrected chi connectivity index (χ4v) is 2.08. The second-order valence-electron chi connectivity index (χ2n) is 4.15. The van der Waals surface area contributed by atoms with Gasteiger partial charge in [0.05, 0.1) is 0 Å². The molecular formula is C14H18BrN.